The number of carbonyl (C=O) groups excluding carboxylic acids is 1. The highest BCUT2D eigenvalue weighted by atomic mass is 127. The number of rotatable bonds is 3. The van der Waals surface area contributed by atoms with Gasteiger partial charge in [0.05, 0.1) is 4.92 Å². The molecule has 4 nitrogen and oxygen atoms in total. The van der Waals surface area contributed by atoms with Gasteiger partial charge < -0.3 is 0 Å². The van der Waals surface area contributed by atoms with Crippen molar-refractivity contribution in [3.63, 3.8) is 0 Å². The van der Waals surface area contributed by atoms with Gasteiger partial charge in [0, 0.05) is 22.1 Å². The van der Waals surface area contributed by atoms with E-state index in [1.54, 1.807) is 6.07 Å². The minimum atomic E-state index is -0.445. The van der Waals surface area contributed by atoms with E-state index in [2.05, 4.69) is 0 Å². The Bertz CT molecular complexity index is 390. The van der Waals surface area contributed by atoms with E-state index in [1.807, 2.05) is 22.6 Å². The summed E-state index contributed by atoms with van der Waals surface area (Å²) < 4.78 is 0.756. The Kier molecular flexibility index (Phi) is 3.56. The smallest absolute Gasteiger partial charge is 0.270 e. The molecule has 0 radical (unpaired) electrons. The number of carbonyl (C=O) groups is 1. The van der Waals surface area contributed by atoms with E-state index in [0.717, 1.165) is 9.13 Å². The summed E-state index contributed by atoms with van der Waals surface area (Å²) in [6.45, 7) is 1.50. The van der Waals surface area contributed by atoms with Crippen LogP contribution in [0.25, 0.3) is 0 Å². The second kappa shape index (κ2) is 4.50. The van der Waals surface area contributed by atoms with Crippen LogP contribution in [-0.2, 0) is 11.2 Å². The lowest BCUT2D eigenvalue weighted by molar-refractivity contribution is -0.385. The third kappa shape index (κ3) is 2.76. The zero-order valence-corrected chi connectivity index (χ0v) is 9.65. The summed E-state index contributed by atoms with van der Waals surface area (Å²) in [5.41, 5.74) is 0.894. The molecule has 0 aliphatic carbocycles. The van der Waals surface area contributed by atoms with Gasteiger partial charge >= 0.3 is 0 Å². The molecule has 0 atom stereocenters. The van der Waals surface area contributed by atoms with E-state index in [1.165, 1.54) is 19.1 Å². The lowest BCUT2D eigenvalue weighted by Crippen LogP contribution is -1.99. The van der Waals surface area contributed by atoms with Crippen molar-refractivity contribution in [3.05, 3.63) is 37.4 Å². The third-order valence-electron chi connectivity index (χ3n) is 1.69. The number of nitro groups is 1. The minimum Gasteiger partial charge on any atom is -0.300 e. The molecule has 0 aromatic heterocycles. The van der Waals surface area contributed by atoms with Gasteiger partial charge in [0.2, 0.25) is 0 Å². The number of Topliss-reactive ketones (excluding diaryl/α,β-unsaturated/α-hetero) is 1. The maximum absolute atomic E-state index is 10.8. The van der Waals surface area contributed by atoms with Gasteiger partial charge in [-0.05, 0) is 35.1 Å². The fourth-order valence-electron chi connectivity index (χ4n) is 1.06. The van der Waals surface area contributed by atoms with Crippen LogP contribution in [0.5, 0.6) is 0 Å². The van der Waals surface area contributed by atoms with Crippen molar-refractivity contribution in [1.82, 2.24) is 0 Å². The van der Waals surface area contributed by atoms with Crippen molar-refractivity contribution < 1.29 is 9.72 Å². The predicted octanol–water partition coefficient (Wildman–Crippen LogP) is 2.33. The van der Waals surface area contributed by atoms with Crippen LogP contribution in [0.3, 0.4) is 0 Å². The number of nitrogens with zero attached hydrogens (tertiary/aromatic N) is 1. The molecule has 1 aromatic rings. The molecule has 0 heterocycles. The Balaban J connectivity index is 3.01. The second-order valence-corrected chi connectivity index (χ2v) is 4.07. The molecule has 0 bridgehead atoms. The molecule has 5 heteroatoms. The van der Waals surface area contributed by atoms with Crippen LogP contribution in [0.2, 0.25) is 0 Å². The van der Waals surface area contributed by atoms with E-state index >= 15 is 0 Å². The minimum absolute atomic E-state index is 0.0526. The van der Waals surface area contributed by atoms with Crippen molar-refractivity contribution >= 4 is 34.1 Å². The number of halogens is 1. The first kappa shape index (κ1) is 11.1. The second-order valence-electron chi connectivity index (χ2n) is 2.91. The Hall–Kier alpha value is -0.980. The zero-order chi connectivity index (χ0) is 10.7. The van der Waals surface area contributed by atoms with Gasteiger partial charge in [-0.1, -0.05) is 6.07 Å². The van der Waals surface area contributed by atoms with Gasteiger partial charge in [0.1, 0.15) is 5.78 Å². The van der Waals surface area contributed by atoms with Gasteiger partial charge in [-0.25, -0.2) is 0 Å². The third-order valence-corrected chi connectivity index (χ3v) is 2.69. The SMILES string of the molecule is CC(=O)Cc1ccc([N+](=O)[O-])cc1I. The average molecular weight is 305 g/mol. The van der Waals surface area contributed by atoms with Gasteiger partial charge in [0.15, 0.2) is 0 Å². The van der Waals surface area contributed by atoms with Crippen molar-refractivity contribution in [2.45, 2.75) is 13.3 Å². The average Bonchev–Trinajstić information content (AvgIpc) is 2.07. The topological polar surface area (TPSA) is 60.2 Å². The molecule has 0 unspecified atom stereocenters. The van der Waals surface area contributed by atoms with Gasteiger partial charge in [0.25, 0.3) is 5.69 Å². The van der Waals surface area contributed by atoms with Crippen molar-refractivity contribution in [3.8, 4) is 0 Å². The van der Waals surface area contributed by atoms with E-state index in [-0.39, 0.29) is 11.5 Å². The molecule has 0 fully saturated rings. The highest BCUT2D eigenvalue weighted by Crippen LogP contribution is 2.20. The largest absolute Gasteiger partial charge is 0.300 e. The zero-order valence-electron chi connectivity index (χ0n) is 7.49. The summed E-state index contributed by atoms with van der Waals surface area (Å²) in [5, 5.41) is 10.4. The van der Waals surface area contributed by atoms with E-state index in [0.29, 0.717) is 6.42 Å². The first-order valence-corrected chi connectivity index (χ1v) is 5.01. The molecular weight excluding hydrogens is 297 g/mol. The molecule has 1 aromatic carbocycles. The number of hydrogen-bond acceptors (Lipinski definition) is 3. The molecule has 0 N–H and O–H groups in total. The number of nitro benzene ring substituents is 1. The molecule has 1 rings (SSSR count). The summed E-state index contributed by atoms with van der Waals surface area (Å²) in [4.78, 5) is 20.8. The Morgan fingerprint density at radius 3 is 2.64 bits per heavy atom. The lowest BCUT2D eigenvalue weighted by Gasteiger charge is -2.00. The molecule has 0 saturated carbocycles. The van der Waals surface area contributed by atoms with Crippen LogP contribution in [-0.4, -0.2) is 10.7 Å². The van der Waals surface area contributed by atoms with Crippen LogP contribution in [0.4, 0.5) is 5.69 Å². The summed E-state index contributed by atoms with van der Waals surface area (Å²) in [6.07, 6.45) is 0.330. The van der Waals surface area contributed by atoms with Crippen LogP contribution in [0.15, 0.2) is 18.2 Å². The van der Waals surface area contributed by atoms with Crippen LogP contribution < -0.4 is 0 Å². The van der Waals surface area contributed by atoms with E-state index in [9.17, 15) is 14.9 Å². The summed E-state index contributed by atoms with van der Waals surface area (Å²) in [6, 6.07) is 4.51. The quantitative estimate of drug-likeness (QED) is 0.489. The number of ketones is 1. The molecular formula is C9H8INO3. The van der Waals surface area contributed by atoms with Gasteiger partial charge in [-0.15, -0.1) is 0 Å². The maximum Gasteiger partial charge on any atom is 0.270 e. The van der Waals surface area contributed by atoms with Crippen molar-refractivity contribution in [1.29, 1.82) is 0 Å². The van der Waals surface area contributed by atoms with Crippen molar-refractivity contribution in [2.24, 2.45) is 0 Å². The number of non-ortho nitro benzene ring substituents is 1. The highest BCUT2D eigenvalue weighted by Gasteiger charge is 2.09. The maximum atomic E-state index is 10.8. The molecule has 0 spiro atoms. The summed E-state index contributed by atoms with van der Waals surface area (Å²) >= 11 is 2.00. The Labute approximate surface area is 94.6 Å². The first-order valence-electron chi connectivity index (χ1n) is 3.93. The Morgan fingerprint density at radius 1 is 1.57 bits per heavy atom. The molecule has 0 aliphatic heterocycles. The van der Waals surface area contributed by atoms with Crippen LogP contribution >= 0.6 is 22.6 Å². The molecule has 0 amide bonds. The fraction of sp³-hybridized carbons (Fsp3) is 0.222. The number of benzene rings is 1. The molecule has 14 heavy (non-hydrogen) atoms. The lowest BCUT2D eigenvalue weighted by atomic mass is 10.1. The predicted molar refractivity (Wildman–Crippen MR) is 60.2 cm³/mol. The molecule has 0 saturated heterocycles. The monoisotopic (exact) mass is 305 g/mol. The van der Waals surface area contributed by atoms with Gasteiger partial charge in [-0.3, -0.25) is 14.9 Å². The van der Waals surface area contributed by atoms with Gasteiger partial charge in [-0.2, -0.15) is 0 Å². The first-order chi connectivity index (χ1) is 6.50. The van der Waals surface area contributed by atoms with Crippen molar-refractivity contribution in [2.75, 3.05) is 0 Å². The molecule has 0 aliphatic rings. The standard InChI is InChI=1S/C9H8INO3/c1-6(12)4-7-2-3-8(11(13)14)5-9(7)10/h2-3,5H,4H2,1H3. The highest BCUT2D eigenvalue weighted by molar-refractivity contribution is 14.1. The van der Waals surface area contributed by atoms with E-state index < -0.39 is 4.92 Å². The Morgan fingerprint density at radius 2 is 2.21 bits per heavy atom. The van der Waals surface area contributed by atoms with Crippen LogP contribution in [0, 0.1) is 13.7 Å². The summed E-state index contributed by atoms with van der Waals surface area (Å²) in [5.74, 6) is 0.0526. The van der Waals surface area contributed by atoms with Crippen LogP contribution in [0.1, 0.15) is 12.5 Å². The fourth-order valence-corrected chi connectivity index (χ4v) is 1.75. The summed E-state index contributed by atoms with van der Waals surface area (Å²) in [7, 11) is 0. The number of hydrogen-bond donors (Lipinski definition) is 0. The molecule has 74 valence electrons. The normalized spacial score (nSPS) is 9.86. The van der Waals surface area contributed by atoms with E-state index in [4.69, 9.17) is 0 Å².